The highest BCUT2D eigenvalue weighted by Gasteiger charge is 2.15. The molecule has 7 nitrogen and oxygen atoms in total. The average molecular weight is 297 g/mol. The molecule has 20 heavy (non-hydrogen) atoms. The van der Waals surface area contributed by atoms with Gasteiger partial charge in [0.05, 0.1) is 11.4 Å². The lowest BCUT2D eigenvalue weighted by molar-refractivity contribution is 0.299. The zero-order valence-corrected chi connectivity index (χ0v) is 11.7. The Morgan fingerprint density at radius 3 is 2.55 bits per heavy atom. The maximum absolute atomic E-state index is 12.0. The standard InChI is InChI=1S/C12H15N3O4S/c1-9-14-12(19-15-9)8-13-20(17,18)11-4-2-10(3-5-11)6-7-16/h2-5,13,16H,6-8H2,1H3. The van der Waals surface area contributed by atoms with Gasteiger partial charge in [-0.2, -0.15) is 4.98 Å². The highest BCUT2D eigenvalue weighted by Crippen LogP contribution is 2.11. The van der Waals surface area contributed by atoms with Gasteiger partial charge >= 0.3 is 0 Å². The zero-order chi connectivity index (χ0) is 14.6. The molecule has 1 aromatic heterocycles. The predicted molar refractivity (Wildman–Crippen MR) is 70.3 cm³/mol. The van der Waals surface area contributed by atoms with Gasteiger partial charge < -0.3 is 9.63 Å². The van der Waals surface area contributed by atoms with Crippen molar-refractivity contribution in [1.29, 1.82) is 0 Å². The monoisotopic (exact) mass is 297 g/mol. The number of benzene rings is 1. The van der Waals surface area contributed by atoms with Crippen molar-refractivity contribution in [3.8, 4) is 0 Å². The molecule has 108 valence electrons. The molecule has 0 atom stereocenters. The third kappa shape index (κ3) is 3.62. The van der Waals surface area contributed by atoms with Crippen LogP contribution in [0.25, 0.3) is 0 Å². The maximum Gasteiger partial charge on any atom is 0.241 e. The van der Waals surface area contributed by atoms with Gasteiger partial charge in [-0.05, 0) is 31.0 Å². The number of aromatic nitrogens is 2. The first-order chi connectivity index (χ1) is 9.51. The van der Waals surface area contributed by atoms with E-state index in [1.165, 1.54) is 12.1 Å². The highest BCUT2D eigenvalue weighted by atomic mass is 32.2. The number of hydrogen-bond acceptors (Lipinski definition) is 6. The van der Waals surface area contributed by atoms with Crippen LogP contribution in [0.3, 0.4) is 0 Å². The van der Waals surface area contributed by atoms with E-state index in [1.54, 1.807) is 19.1 Å². The molecular formula is C12H15N3O4S. The molecule has 0 amide bonds. The van der Waals surface area contributed by atoms with E-state index in [4.69, 9.17) is 9.63 Å². The Kier molecular flexibility index (Phi) is 4.48. The normalized spacial score (nSPS) is 11.7. The van der Waals surface area contributed by atoms with Gasteiger partial charge in [-0.25, -0.2) is 13.1 Å². The summed E-state index contributed by atoms with van der Waals surface area (Å²) < 4.78 is 31.3. The molecule has 0 aliphatic carbocycles. The first-order valence-corrected chi connectivity index (χ1v) is 7.48. The molecule has 0 bridgehead atoms. The van der Waals surface area contributed by atoms with Crippen LogP contribution in [-0.4, -0.2) is 30.3 Å². The van der Waals surface area contributed by atoms with Gasteiger partial charge in [0.1, 0.15) is 0 Å². The van der Waals surface area contributed by atoms with E-state index >= 15 is 0 Å². The van der Waals surface area contributed by atoms with E-state index in [-0.39, 0.29) is 23.9 Å². The summed E-state index contributed by atoms with van der Waals surface area (Å²) in [6.45, 7) is 1.63. The second-order valence-electron chi connectivity index (χ2n) is 4.18. The third-order valence-corrected chi connectivity index (χ3v) is 4.03. The van der Waals surface area contributed by atoms with Crippen molar-refractivity contribution < 1.29 is 18.0 Å². The van der Waals surface area contributed by atoms with E-state index in [1.807, 2.05) is 0 Å². The van der Waals surface area contributed by atoms with E-state index in [2.05, 4.69) is 14.9 Å². The van der Waals surface area contributed by atoms with Gasteiger partial charge in [-0.15, -0.1) is 0 Å². The van der Waals surface area contributed by atoms with Gasteiger partial charge in [-0.1, -0.05) is 17.3 Å². The second-order valence-corrected chi connectivity index (χ2v) is 5.94. The van der Waals surface area contributed by atoms with E-state index < -0.39 is 10.0 Å². The molecule has 1 heterocycles. The predicted octanol–water partition coefficient (Wildman–Crippen LogP) is 0.391. The minimum absolute atomic E-state index is 0.0286. The number of nitrogens with zero attached hydrogens (tertiary/aromatic N) is 2. The van der Waals surface area contributed by atoms with Crippen LogP contribution in [0.5, 0.6) is 0 Å². The summed E-state index contributed by atoms with van der Waals surface area (Å²) in [4.78, 5) is 4.06. The van der Waals surface area contributed by atoms with Crippen molar-refractivity contribution >= 4 is 10.0 Å². The summed E-state index contributed by atoms with van der Waals surface area (Å²) in [7, 11) is -3.62. The van der Waals surface area contributed by atoms with Crippen molar-refractivity contribution in [2.24, 2.45) is 0 Å². The Morgan fingerprint density at radius 1 is 1.30 bits per heavy atom. The Balaban J connectivity index is 2.05. The summed E-state index contributed by atoms with van der Waals surface area (Å²) in [5, 5.41) is 12.4. The molecule has 0 saturated heterocycles. The van der Waals surface area contributed by atoms with Crippen LogP contribution in [0.4, 0.5) is 0 Å². The van der Waals surface area contributed by atoms with Gasteiger partial charge in [-0.3, -0.25) is 0 Å². The number of nitrogens with one attached hydrogen (secondary N) is 1. The topological polar surface area (TPSA) is 105 Å². The number of aliphatic hydroxyl groups excluding tert-OH is 1. The Morgan fingerprint density at radius 2 is 2.00 bits per heavy atom. The van der Waals surface area contributed by atoms with E-state index in [0.717, 1.165) is 5.56 Å². The molecule has 0 fully saturated rings. The van der Waals surface area contributed by atoms with Crippen LogP contribution in [0, 0.1) is 6.92 Å². The Hall–Kier alpha value is -1.77. The van der Waals surface area contributed by atoms with Gasteiger partial charge in [0.25, 0.3) is 0 Å². The van der Waals surface area contributed by atoms with Crippen LogP contribution in [0.1, 0.15) is 17.3 Å². The number of hydrogen-bond donors (Lipinski definition) is 2. The van der Waals surface area contributed by atoms with E-state index in [9.17, 15) is 8.42 Å². The smallest absolute Gasteiger partial charge is 0.241 e. The first-order valence-electron chi connectivity index (χ1n) is 6.00. The fraction of sp³-hybridized carbons (Fsp3) is 0.333. The van der Waals surface area contributed by atoms with E-state index in [0.29, 0.717) is 12.2 Å². The van der Waals surface area contributed by atoms with Crippen molar-refractivity contribution in [3.05, 3.63) is 41.5 Å². The minimum atomic E-state index is -3.62. The van der Waals surface area contributed by atoms with Crippen molar-refractivity contribution in [2.45, 2.75) is 24.8 Å². The van der Waals surface area contributed by atoms with Crippen LogP contribution >= 0.6 is 0 Å². The molecule has 2 aromatic rings. The summed E-state index contributed by atoms with van der Waals surface area (Å²) in [6.07, 6.45) is 0.495. The molecule has 1 aromatic carbocycles. The van der Waals surface area contributed by atoms with Crippen LogP contribution in [0.2, 0.25) is 0 Å². The SMILES string of the molecule is Cc1noc(CNS(=O)(=O)c2ccc(CCO)cc2)n1. The fourth-order valence-electron chi connectivity index (χ4n) is 1.62. The lowest BCUT2D eigenvalue weighted by Gasteiger charge is -2.05. The molecule has 0 aliphatic rings. The lowest BCUT2D eigenvalue weighted by atomic mass is 10.2. The second kappa shape index (κ2) is 6.12. The minimum Gasteiger partial charge on any atom is -0.396 e. The molecular weight excluding hydrogens is 282 g/mol. The number of aryl methyl sites for hydroxylation is 1. The molecule has 0 spiro atoms. The molecule has 0 aliphatic heterocycles. The molecule has 0 radical (unpaired) electrons. The first kappa shape index (κ1) is 14.6. The number of rotatable bonds is 6. The quantitative estimate of drug-likeness (QED) is 0.799. The zero-order valence-electron chi connectivity index (χ0n) is 10.9. The molecule has 8 heteroatoms. The van der Waals surface area contributed by atoms with Gasteiger partial charge in [0.15, 0.2) is 5.82 Å². The van der Waals surface area contributed by atoms with Crippen molar-refractivity contribution in [1.82, 2.24) is 14.9 Å². The van der Waals surface area contributed by atoms with Gasteiger partial charge in [0, 0.05) is 6.61 Å². The maximum atomic E-state index is 12.0. The van der Waals surface area contributed by atoms with Crippen LogP contribution in [-0.2, 0) is 23.0 Å². The highest BCUT2D eigenvalue weighted by molar-refractivity contribution is 7.89. The summed E-state index contributed by atoms with van der Waals surface area (Å²) in [6, 6.07) is 6.32. The summed E-state index contributed by atoms with van der Waals surface area (Å²) >= 11 is 0. The average Bonchev–Trinajstić information content (AvgIpc) is 2.84. The van der Waals surface area contributed by atoms with Crippen molar-refractivity contribution in [2.75, 3.05) is 6.61 Å². The molecule has 2 rings (SSSR count). The Labute approximate surface area is 116 Å². The largest absolute Gasteiger partial charge is 0.396 e. The number of sulfonamides is 1. The van der Waals surface area contributed by atoms with Crippen LogP contribution in [0.15, 0.2) is 33.7 Å². The van der Waals surface area contributed by atoms with Gasteiger partial charge in [0.2, 0.25) is 15.9 Å². The summed E-state index contributed by atoms with van der Waals surface area (Å²) in [5.74, 6) is 0.663. The molecule has 2 N–H and O–H groups in total. The van der Waals surface area contributed by atoms with Crippen LogP contribution < -0.4 is 4.72 Å². The fourth-order valence-corrected chi connectivity index (χ4v) is 2.59. The third-order valence-electron chi connectivity index (χ3n) is 2.62. The lowest BCUT2D eigenvalue weighted by Crippen LogP contribution is -2.23. The van der Waals surface area contributed by atoms with Crippen molar-refractivity contribution in [3.63, 3.8) is 0 Å². The molecule has 0 saturated carbocycles. The Bertz CT molecular complexity index is 664. The summed E-state index contributed by atoms with van der Waals surface area (Å²) in [5.41, 5.74) is 0.874. The molecule has 0 unspecified atom stereocenters. The number of aliphatic hydroxyl groups is 1.